The van der Waals surface area contributed by atoms with Gasteiger partial charge in [0, 0.05) is 32.3 Å². The predicted molar refractivity (Wildman–Crippen MR) is 144 cm³/mol. The van der Waals surface area contributed by atoms with E-state index in [0.29, 0.717) is 22.5 Å². The molecule has 7 heteroatoms. The molecule has 0 radical (unpaired) electrons. The van der Waals surface area contributed by atoms with E-state index in [2.05, 4.69) is 20.1 Å². The number of allylic oxidation sites excluding steroid dienone is 2. The van der Waals surface area contributed by atoms with Crippen LogP contribution in [0.25, 0.3) is 44.2 Å². The van der Waals surface area contributed by atoms with E-state index in [1.807, 2.05) is 72.8 Å². The van der Waals surface area contributed by atoms with Crippen molar-refractivity contribution < 1.29 is 4.79 Å². The molecular weight excluding hydrogens is 448 g/mol. The lowest BCUT2D eigenvalue weighted by Crippen LogP contribution is -2.05. The molecule has 0 bridgehead atoms. The van der Waals surface area contributed by atoms with Crippen molar-refractivity contribution in [1.82, 2.24) is 0 Å². The molecule has 0 fully saturated rings. The second kappa shape index (κ2) is 11.7. The monoisotopic (exact) mass is 468 g/mol. The number of carbonyl (C=O) groups excluding carboxylic acids is 1. The van der Waals surface area contributed by atoms with Gasteiger partial charge in [0.2, 0.25) is 0 Å². The minimum Gasteiger partial charge on any atom is -0.289 e. The first kappa shape index (κ1) is 23.8. The molecule has 0 aliphatic carbocycles. The molecule has 0 aliphatic rings. The minimum absolute atomic E-state index is 0.148. The summed E-state index contributed by atoms with van der Waals surface area (Å²) in [6.07, 6.45) is 3.66. The zero-order valence-corrected chi connectivity index (χ0v) is 19.1. The number of ketones is 1. The number of rotatable bonds is 8. The summed E-state index contributed by atoms with van der Waals surface area (Å²) in [6.45, 7) is 0. The van der Waals surface area contributed by atoms with Gasteiger partial charge in [-0.3, -0.25) is 4.79 Å². The molecule has 0 N–H and O–H groups in total. The minimum atomic E-state index is -0.148. The summed E-state index contributed by atoms with van der Waals surface area (Å²) < 4.78 is 0. The maximum absolute atomic E-state index is 14.1. The summed E-state index contributed by atoms with van der Waals surface area (Å²) in [6, 6.07) is 33.0. The van der Waals surface area contributed by atoms with Crippen LogP contribution in [0.3, 0.4) is 0 Å². The van der Waals surface area contributed by atoms with Crippen molar-refractivity contribution in [2.24, 2.45) is 10.2 Å². The largest absolute Gasteiger partial charge is 0.289 e. The maximum atomic E-state index is 14.1. The van der Waals surface area contributed by atoms with Crippen LogP contribution in [0.15, 0.2) is 119 Å². The van der Waals surface area contributed by atoms with Crippen LogP contribution in [-0.4, -0.2) is 5.78 Å². The first-order valence-corrected chi connectivity index (χ1v) is 11.1. The molecule has 4 rings (SSSR count). The normalized spacial score (nSPS) is 11.2. The third-order valence-corrected chi connectivity index (χ3v) is 5.39. The fourth-order valence-corrected chi connectivity index (χ4v) is 3.65. The molecule has 4 aromatic carbocycles. The summed E-state index contributed by atoms with van der Waals surface area (Å²) in [7, 11) is 0. The van der Waals surface area contributed by atoms with Crippen molar-refractivity contribution in [2.75, 3.05) is 0 Å². The number of benzene rings is 4. The lowest BCUT2D eigenvalue weighted by atomic mass is 9.90. The van der Waals surface area contributed by atoms with Crippen molar-refractivity contribution in [3.8, 4) is 0 Å². The molecule has 0 heterocycles. The topological polar surface area (TPSA) is 115 Å². The second-order valence-electron chi connectivity index (χ2n) is 7.74. The maximum Gasteiger partial charge on any atom is 0.194 e. The summed E-state index contributed by atoms with van der Waals surface area (Å²) >= 11 is 0. The van der Waals surface area contributed by atoms with Crippen molar-refractivity contribution in [3.05, 3.63) is 152 Å². The third-order valence-electron chi connectivity index (χ3n) is 5.39. The molecule has 0 aromatic heterocycles. The Morgan fingerprint density at radius 1 is 0.556 bits per heavy atom. The second-order valence-corrected chi connectivity index (χ2v) is 7.74. The van der Waals surface area contributed by atoms with Gasteiger partial charge in [0.15, 0.2) is 5.78 Å². The van der Waals surface area contributed by atoms with Crippen molar-refractivity contribution in [1.29, 1.82) is 0 Å². The van der Waals surface area contributed by atoms with E-state index >= 15 is 0 Å². The molecule has 0 saturated carbocycles. The summed E-state index contributed by atoms with van der Waals surface area (Å²) in [5.74, 6) is -0.148. The Hall–Kier alpha value is -5.35. The SMILES string of the molecule is [N-]=[N+]=Nc1ccc(C=C(C(=O)C(=Cc2ccc(N=[N+]=[N-])cc2)c2ccccc2)c2ccccc2)cc1. The molecule has 0 spiro atoms. The molecule has 0 saturated heterocycles. The zero-order valence-electron chi connectivity index (χ0n) is 19.1. The fourth-order valence-electron chi connectivity index (χ4n) is 3.65. The highest BCUT2D eigenvalue weighted by Gasteiger charge is 2.19. The average Bonchev–Trinajstić information content (AvgIpc) is 2.93. The van der Waals surface area contributed by atoms with Gasteiger partial charge in [0.25, 0.3) is 0 Å². The zero-order chi connectivity index (χ0) is 25.2. The molecule has 0 amide bonds. The van der Waals surface area contributed by atoms with Gasteiger partial charge in [-0.2, -0.15) is 0 Å². The van der Waals surface area contributed by atoms with Crippen LogP contribution < -0.4 is 0 Å². The highest BCUT2D eigenvalue weighted by atomic mass is 16.1. The number of Topliss-reactive ketones (excluding diaryl/α,β-unsaturated/α-hetero) is 1. The van der Waals surface area contributed by atoms with Crippen LogP contribution in [0, 0.1) is 0 Å². The van der Waals surface area contributed by atoms with Gasteiger partial charge in [-0.25, -0.2) is 0 Å². The van der Waals surface area contributed by atoms with E-state index < -0.39 is 0 Å². The van der Waals surface area contributed by atoms with Crippen LogP contribution >= 0.6 is 0 Å². The van der Waals surface area contributed by atoms with Crippen molar-refractivity contribution >= 4 is 40.5 Å². The van der Waals surface area contributed by atoms with Gasteiger partial charge in [-0.05, 0) is 45.5 Å². The summed E-state index contributed by atoms with van der Waals surface area (Å²) in [4.78, 5) is 19.7. The third kappa shape index (κ3) is 5.95. The van der Waals surface area contributed by atoms with Crippen LogP contribution in [-0.2, 0) is 4.79 Å². The van der Waals surface area contributed by atoms with E-state index in [9.17, 15) is 4.79 Å². The van der Waals surface area contributed by atoms with Gasteiger partial charge >= 0.3 is 0 Å². The molecule has 4 aromatic rings. The van der Waals surface area contributed by atoms with Crippen LogP contribution in [0.4, 0.5) is 11.4 Å². The molecular formula is C29H20N6O. The molecule has 172 valence electrons. The molecule has 0 atom stereocenters. The smallest absolute Gasteiger partial charge is 0.194 e. The molecule has 36 heavy (non-hydrogen) atoms. The van der Waals surface area contributed by atoms with Gasteiger partial charge in [-0.1, -0.05) is 119 Å². The Morgan fingerprint density at radius 2 is 0.917 bits per heavy atom. The van der Waals surface area contributed by atoms with E-state index in [1.54, 1.807) is 48.5 Å². The van der Waals surface area contributed by atoms with Crippen molar-refractivity contribution in [3.63, 3.8) is 0 Å². The Kier molecular flexibility index (Phi) is 7.72. The predicted octanol–water partition coefficient (Wildman–Crippen LogP) is 8.92. The number of carbonyl (C=O) groups is 1. The summed E-state index contributed by atoms with van der Waals surface area (Å²) in [5.41, 5.74) is 22.5. The lowest BCUT2D eigenvalue weighted by molar-refractivity contribution is -0.108. The lowest BCUT2D eigenvalue weighted by Gasteiger charge is -2.12. The number of hydrogen-bond donors (Lipinski definition) is 0. The van der Waals surface area contributed by atoms with E-state index in [-0.39, 0.29) is 5.78 Å². The van der Waals surface area contributed by atoms with Gasteiger partial charge in [0.1, 0.15) is 0 Å². The molecule has 0 aliphatic heterocycles. The molecule has 0 unspecified atom stereocenters. The number of hydrogen-bond acceptors (Lipinski definition) is 3. The first-order valence-electron chi connectivity index (χ1n) is 11.1. The van der Waals surface area contributed by atoms with E-state index in [1.165, 1.54) is 0 Å². The first-order chi connectivity index (χ1) is 17.7. The Balaban J connectivity index is 1.84. The van der Waals surface area contributed by atoms with Crippen molar-refractivity contribution in [2.45, 2.75) is 0 Å². The quantitative estimate of drug-likeness (QED) is 0.0829. The summed E-state index contributed by atoms with van der Waals surface area (Å²) in [5, 5.41) is 7.22. The van der Waals surface area contributed by atoms with E-state index in [0.717, 1.165) is 22.3 Å². The highest BCUT2D eigenvalue weighted by molar-refractivity contribution is 6.46. The van der Waals surface area contributed by atoms with E-state index in [4.69, 9.17) is 11.1 Å². The molecule has 7 nitrogen and oxygen atoms in total. The standard InChI is InChI=1S/C29H20N6O/c30-34-32-25-15-11-21(12-16-25)19-27(23-7-3-1-4-8-23)29(36)28(24-9-5-2-6-10-24)20-22-13-17-26(18-14-22)33-35-31/h1-20H. The average molecular weight is 469 g/mol. The Labute approximate surface area is 207 Å². The number of nitrogens with zero attached hydrogens (tertiary/aromatic N) is 6. The van der Waals surface area contributed by atoms with Gasteiger partial charge < -0.3 is 0 Å². The highest BCUT2D eigenvalue weighted by Crippen LogP contribution is 2.30. The van der Waals surface area contributed by atoms with Crippen LogP contribution in [0.1, 0.15) is 22.3 Å². The Bertz CT molecular complexity index is 1390. The van der Waals surface area contributed by atoms with Gasteiger partial charge in [-0.15, -0.1) is 0 Å². The van der Waals surface area contributed by atoms with Gasteiger partial charge in [0.05, 0.1) is 0 Å². The van der Waals surface area contributed by atoms with Crippen LogP contribution in [0.2, 0.25) is 0 Å². The van der Waals surface area contributed by atoms with Crippen LogP contribution in [0.5, 0.6) is 0 Å². The Morgan fingerprint density at radius 3 is 1.25 bits per heavy atom. The number of azide groups is 2. The fraction of sp³-hybridized carbons (Fsp3) is 0.